The normalized spacial score (nSPS) is 11.4. The Morgan fingerprint density at radius 3 is 2.60 bits per heavy atom. The summed E-state index contributed by atoms with van der Waals surface area (Å²) in [5.74, 6) is -0.614. The number of aryl methyl sites for hydroxylation is 1. The highest BCUT2D eigenvalue weighted by Crippen LogP contribution is 2.18. The minimum Gasteiger partial charge on any atom is -0.395 e. The molecule has 0 aliphatic rings. The monoisotopic (exact) mass is 353 g/mol. The summed E-state index contributed by atoms with van der Waals surface area (Å²) in [5, 5.41) is 8.74. The van der Waals surface area contributed by atoms with Crippen molar-refractivity contribution in [3.63, 3.8) is 0 Å². The van der Waals surface area contributed by atoms with Crippen molar-refractivity contribution in [2.24, 2.45) is 0 Å². The molecule has 0 bridgehead atoms. The number of alkyl halides is 3. The Morgan fingerprint density at radius 1 is 1.35 bits per heavy atom. The molecule has 7 heteroatoms. The zero-order valence-corrected chi connectivity index (χ0v) is 12.2. The van der Waals surface area contributed by atoms with E-state index < -0.39 is 25.2 Å². The molecule has 1 aromatic carbocycles. The molecule has 0 heterocycles. The van der Waals surface area contributed by atoms with Crippen LogP contribution in [0.1, 0.15) is 12.0 Å². The molecule has 0 radical (unpaired) electrons. The molecule has 0 fully saturated rings. The number of benzene rings is 1. The summed E-state index contributed by atoms with van der Waals surface area (Å²) in [6.45, 7) is -2.12. The first kappa shape index (κ1) is 17.0. The number of carbonyl (C=O) groups is 1. The van der Waals surface area contributed by atoms with Crippen molar-refractivity contribution in [3.05, 3.63) is 34.3 Å². The molecule has 0 aliphatic carbocycles. The van der Waals surface area contributed by atoms with E-state index in [1.807, 2.05) is 12.1 Å². The standard InChI is InChI=1S/C13H15BrF3NO2/c14-11-3-1-2-10(8-11)4-5-12(20)18(6-7-19)9-13(15,16)17/h1-3,8,19H,4-7,9H2. The lowest BCUT2D eigenvalue weighted by Crippen LogP contribution is -2.40. The predicted molar refractivity (Wildman–Crippen MR) is 72.2 cm³/mol. The van der Waals surface area contributed by atoms with Gasteiger partial charge in [-0.2, -0.15) is 13.2 Å². The van der Waals surface area contributed by atoms with Crippen molar-refractivity contribution in [2.75, 3.05) is 19.7 Å². The summed E-state index contributed by atoms with van der Waals surface area (Å²) in [5.41, 5.74) is 0.865. The lowest BCUT2D eigenvalue weighted by molar-refractivity contribution is -0.162. The summed E-state index contributed by atoms with van der Waals surface area (Å²) in [6.07, 6.45) is -4.12. The van der Waals surface area contributed by atoms with Gasteiger partial charge in [-0.05, 0) is 24.1 Å². The van der Waals surface area contributed by atoms with Crippen molar-refractivity contribution < 1.29 is 23.1 Å². The second-order valence-corrected chi connectivity index (χ2v) is 5.20. The summed E-state index contributed by atoms with van der Waals surface area (Å²) >= 11 is 3.29. The van der Waals surface area contributed by atoms with Crippen LogP contribution in [-0.2, 0) is 11.2 Å². The zero-order chi connectivity index (χ0) is 15.2. The Morgan fingerprint density at radius 2 is 2.05 bits per heavy atom. The van der Waals surface area contributed by atoms with E-state index in [9.17, 15) is 18.0 Å². The topological polar surface area (TPSA) is 40.5 Å². The first-order chi connectivity index (χ1) is 9.31. The van der Waals surface area contributed by atoms with E-state index in [1.54, 1.807) is 12.1 Å². The maximum Gasteiger partial charge on any atom is 0.406 e. The molecule has 0 atom stereocenters. The molecule has 1 aromatic rings. The molecule has 1 amide bonds. The van der Waals surface area contributed by atoms with Gasteiger partial charge in [-0.25, -0.2) is 0 Å². The minimum absolute atomic E-state index is 0.0213. The van der Waals surface area contributed by atoms with Crippen LogP contribution in [0.25, 0.3) is 0 Å². The molecule has 3 nitrogen and oxygen atoms in total. The van der Waals surface area contributed by atoms with Crippen LogP contribution in [0, 0.1) is 0 Å². The van der Waals surface area contributed by atoms with Gasteiger partial charge in [0.05, 0.1) is 6.61 Å². The van der Waals surface area contributed by atoms with E-state index in [-0.39, 0.29) is 13.0 Å². The number of amides is 1. The van der Waals surface area contributed by atoms with Gasteiger partial charge < -0.3 is 10.0 Å². The Kier molecular flexibility index (Phi) is 6.48. The summed E-state index contributed by atoms with van der Waals surface area (Å²) in [6, 6.07) is 7.24. The van der Waals surface area contributed by atoms with E-state index in [0.717, 1.165) is 10.0 Å². The second-order valence-electron chi connectivity index (χ2n) is 4.28. The number of hydrogen-bond donors (Lipinski definition) is 1. The fourth-order valence-corrected chi connectivity index (χ4v) is 2.18. The van der Waals surface area contributed by atoms with Crippen LogP contribution < -0.4 is 0 Å². The average Bonchev–Trinajstić information content (AvgIpc) is 2.34. The van der Waals surface area contributed by atoms with Gasteiger partial charge in [0, 0.05) is 17.4 Å². The lowest BCUT2D eigenvalue weighted by Gasteiger charge is -2.23. The number of halogens is 4. The van der Waals surface area contributed by atoms with E-state index >= 15 is 0 Å². The smallest absolute Gasteiger partial charge is 0.395 e. The maximum atomic E-state index is 12.3. The third-order valence-electron chi connectivity index (χ3n) is 2.61. The van der Waals surface area contributed by atoms with Crippen LogP contribution >= 0.6 is 15.9 Å². The average molecular weight is 354 g/mol. The number of aliphatic hydroxyl groups is 1. The molecule has 0 aliphatic heterocycles. The summed E-state index contributed by atoms with van der Waals surface area (Å²) < 4.78 is 37.8. The predicted octanol–water partition coefficient (Wildman–Crippen LogP) is 2.76. The molecule has 1 rings (SSSR count). The Balaban J connectivity index is 2.58. The molecule has 112 valence electrons. The number of aliphatic hydroxyl groups excluding tert-OH is 1. The van der Waals surface area contributed by atoms with Crippen molar-refractivity contribution in [2.45, 2.75) is 19.0 Å². The highest BCUT2D eigenvalue weighted by Gasteiger charge is 2.32. The van der Waals surface area contributed by atoms with Gasteiger partial charge in [0.15, 0.2) is 0 Å². The van der Waals surface area contributed by atoms with Crippen LogP contribution in [0.5, 0.6) is 0 Å². The molecular formula is C13H15BrF3NO2. The lowest BCUT2D eigenvalue weighted by atomic mass is 10.1. The van der Waals surface area contributed by atoms with Gasteiger partial charge in [0.1, 0.15) is 6.54 Å². The van der Waals surface area contributed by atoms with Gasteiger partial charge in [0.25, 0.3) is 0 Å². The molecule has 0 spiro atoms. The fourth-order valence-electron chi connectivity index (χ4n) is 1.73. The zero-order valence-electron chi connectivity index (χ0n) is 10.7. The Hall–Kier alpha value is -1.08. The van der Waals surface area contributed by atoms with Crippen LogP contribution in [0.4, 0.5) is 13.2 Å². The van der Waals surface area contributed by atoms with Crippen molar-refractivity contribution in [1.29, 1.82) is 0 Å². The van der Waals surface area contributed by atoms with Gasteiger partial charge in [-0.3, -0.25) is 4.79 Å². The summed E-state index contributed by atoms with van der Waals surface area (Å²) in [7, 11) is 0. The van der Waals surface area contributed by atoms with E-state index in [0.29, 0.717) is 11.3 Å². The van der Waals surface area contributed by atoms with Gasteiger partial charge in [-0.1, -0.05) is 28.1 Å². The number of nitrogens with zero attached hydrogens (tertiary/aromatic N) is 1. The van der Waals surface area contributed by atoms with Gasteiger partial charge in [0.2, 0.25) is 5.91 Å². The molecule has 0 aromatic heterocycles. The van der Waals surface area contributed by atoms with Crippen molar-refractivity contribution >= 4 is 21.8 Å². The Bertz CT molecular complexity index is 451. The van der Waals surface area contributed by atoms with E-state index in [2.05, 4.69) is 15.9 Å². The number of rotatable bonds is 6. The minimum atomic E-state index is -4.46. The number of hydrogen-bond acceptors (Lipinski definition) is 2. The molecule has 0 saturated carbocycles. The maximum absolute atomic E-state index is 12.3. The van der Waals surface area contributed by atoms with E-state index in [4.69, 9.17) is 5.11 Å². The molecule has 0 unspecified atom stereocenters. The van der Waals surface area contributed by atoms with Crippen LogP contribution in [-0.4, -0.2) is 41.8 Å². The first-order valence-electron chi connectivity index (χ1n) is 6.01. The van der Waals surface area contributed by atoms with Crippen LogP contribution in [0.2, 0.25) is 0 Å². The third kappa shape index (κ3) is 6.38. The van der Waals surface area contributed by atoms with Gasteiger partial charge >= 0.3 is 6.18 Å². The van der Waals surface area contributed by atoms with Crippen LogP contribution in [0.3, 0.4) is 0 Å². The fraction of sp³-hybridized carbons (Fsp3) is 0.462. The largest absolute Gasteiger partial charge is 0.406 e. The first-order valence-corrected chi connectivity index (χ1v) is 6.81. The second kappa shape index (κ2) is 7.64. The highest BCUT2D eigenvalue weighted by molar-refractivity contribution is 9.10. The highest BCUT2D eigenvalue weighted by atomic mass is 79.9. The van der Waals surface area contributed by atoms with Gasteiger partial charge in [-0.15, -0.1) is 0 Å². The Labute approximate surface area is 123 Å². The molecule has 20 heavy (non-hydrogen) atoms. The molecule has 0 saturated heterocycles. The summed E-state index contributed by atoms with van der Waals surface area (Å²) in [4.78, 5) is 12.4. The van der Waals surface area contributed by atoms with Crippen LogP contribution in [0.15, 0.2) is 28.7 Å². The van der Waals surface area contributed by atoms with E-state index in [1.165, 1.54) is 0 Å². The third-order valence-corrected chi connectivity index (χ3v) is 3.10. The SMILES string of the molecule is O=C(CCc1cccc(Br)c1)N(CCO)CC(F)(F)F. The molecule has 1 N–H and O–H groups in total. The van der Waals surface area contributed by atoms with Crippen molar-refractivity contribution in [3.8, 4) is 0 Å². The van der Waals surface area contributed by atoms with Crippen molar-refractivity contribution in [1.82, 2.24) is 4.90 Å². The number of carbonyl (C=O) groups excluding carboxylic acids is 1. The quantitative estimate of drug-likeness (QED) is 0.854. The molecular weight excluding hydrogens is 339 g/mol.